The molecule has 7 heteroatoms. The van der Waals surface area contributed by atoms with E-state index in [9.17, 15) is 4.79 Å². The third-order valence-corrected chi connectivity index (χ3v) is 2.82. The number of amides is 1. The smallest absolute Gasteiger partial charge is 0.258 e. The minimum atomic E-state index is -0.347. The molecule has 0 unspecified atom stereocenters. The molecule has 0 saturated carbocycles. The van der Waals surface area contributed by atoms with Gasteiger partial charge < -0.3 is 5.32 Å². The number of nitrogens with zero attached hydrogens (tertiary/aromatic N) is 3. The lowest BCUT2D eigenvalue weighted by molar-refractivity contribution is 0.102. The Kier molecular flexibility index (Phi) is 3.54. The molecule has 0 fully saturated rings. The van der Waals surface area contributed by atoms with Gasteiger partial charge in [0.15, 0.2) is 0 Å². The molecular weight excluding hydrogens is 275 g/mol. The van der Waals surface area contributed by atoms with Crippen LogP contribution in [0.4, 0.5) is 5.69 Å². The number of nitrogens with one attached hydrogen (secondary N) is 1. The molecule has 1 amide bonds. The number of aryl methyl sites for hydroxylation is 2. The fraction of sp³-hybridized carbons (Fsp3) is 0.182. The van der Waals surface area contributed by atoms with Gasteiger partial charge in [-0.2, -0.15) is 5.10 Å². The average molecular weight is 285 g/mol. The van der Waals surface area contributed by atoms with E-state index in [0.29, 0.717) is 5.69 Å². The maximum atomic E-state index is 12.0. The van der Waals surface area contributed by atoms with Gasteiger partial charge in [0.25, 0.3) is 5.91 Å². The van der Waals surface area contributed by atoms with Gasteiger partial charge in [-0.1, -0.05) is 23.2 Å². The number of rotatable bonds is 2. The van der Waals surface area contributed by atoms with Gasteiger partial charge in [-0.05, 0) is 19.1 Å². The van der Waals surface area contributed by atoms with E-state index >= 15 is 0 Å². The maximum Gasteiger partial charge on any atom is 0.258 e. The van der Waals surface area contributed by atoms with Gasteiger partial charge >= 0.3 is 0 Å². The summed E-state index contributed by atoms with van der Waals surface area (Å²) in [6, 6.07) is 3.04. The second-order valence-corrected chi connectivity index (χ2v) is 4.47. The third-order valence-electron chi connectivity index (χ3n) is 2.32. The highest BCUT2D eigenvalue weighted by molar-refractivity contribution is 6.35. The van der Waals surface area contributed by atoms with Crippen molar-refractivity contribution in [3.63, 3.8) is 0 Å². The zero-order chi connectivity index (χ0) is 13.3. The van der Waals surface area contributed by atoms with Crippen LogP contribution in [-0.2, 0) is 7.05 Å². The highest BCUT2D eigenvalue weighted by Gasteiger charge is 2.14. The molecule has 1 N–H and O–H groups in total. The molecule has 94 valence electrons. The minimum Gasteiger partial charge on any atom is -0.319 e. The summed E-state index contributed by atoms with van der Waals surface area (Å²) in [4.78, 5) is 15.8. The van der Waals surface area contributed by atoms with Crippen LogP contribution in [0.25, 0.3) is 0 Å². The van der Waals surface area contributed by atoms with Gasteiger partial charge in [-0.3, -0.25) is 9.48 Å². The summed E-state index contributed by atoms with van der Waals surface area (Å²) >= 11 is 11.5. The van der Waals surface area contributed by atoms with Crippen LogP contribution in [0.2, 0.25) is 10.3 Å². The summed E-state index contributed by atoms with van der Waals surface area (Å²) in [7, 11) is 1.78. The molecule has 0 radical (unpaired) electrons. The Hall–Kier alpha value is -1.59. The number of anilines is 1. The summed E-state index contributed by atoms with van der Waals surface area (Å²) in [5.41, 5.74) is 1.63. The molecule has 0 spiro atoms. The Morgan fingerprint density at radius 2 is 2.11 bits per heavy atom. The fourth-order valence-electron chi connectivity index (χ4n) is 1.49. The SMILES string of the molecule is Cc1nn(C)cc1NC(=O)c1ccc(Cl)nc1Cl. The van der Waals surface area contributed by atoms with E-state index in [1.165, 1.54) is 12.1 Å². The van der Waals surface area contributed by atoms with Crippen LogP contribution < -0.4 is 5.32 Å². The van der Waals surface area contributed by atoms with Crippen LogP contribution in [0, 0.1) is 6.92 Å². The molecule has 2 aromatic heterocycles. The largest absolute Gasteiger partial charge is 0.319 e. The number of halogens is 2. The molecule has 0 bridgehead atoms. The van der Waals surface area contributed by atoms with Gasteiger partial charge in [-0.25, -0.2) is 4.98 Å². The second-order valence-electron chi connectivity index (χ2n) is 3.73. The number of hydrogen-bond acceptors (Lipinski definition) is 3. The Morgan fingerprint density at radius 1 is 1.39 bits per heavy atom. The first-order chi connectivity index (χ1) is 8.47. The van der Waals surface area contributed by atoms with E-state index in [-0.39, 0.29) is 21.8 Å². The summed E-state index contributed by atoms with van der Waals surface area (Å²) in [6.45, 7) is 1.80. The number of aromatic nitrogens is 3. The van der Waals surface area contributed by atoms with Crippen molar-refractivity contribution >= 4 is 34.8 Å². The zero-order valence-electron chi connectivity index (χ0n) is 9.74. The van der Waals surface area contributed by atoms with Gasteiger partial charge in [0, 0.05) is 13.2 Å². The standard InChI is InChI=1S/C11H10Cl2N4O/c1-6-8(5-17(2)16-6)14-11(18)7-3-4-9(12)15-10(7)13/h3-5H,1-2H3,(H,14,18). The molecule has 5 nitrogen and oxygen atoms in total. The van der Waals surface area contributed by atoms with Crippen LogP contribution in [0.1, 0.15) is 16.1 Å². The van der Waals surface area contributed by atoms with E-state index < -0.39 is 0 Å². The van der Waals surface area contributed by atoms with Crippen LogP contribution in [-0.4, -0.2) is 20.7 Å². The fourth-order valence-corrected chi connectivity index (χ4v) is 1.92. The molecule has 0 aromatic carbocycles. The Labute approximate surface area is 114 Å². The minimum absolute atomic E-state index is 0.0709. The maximum absolute atomic E-state index is 12.0. The van der Waals surface area contributed by atoms with E-state index in [2.05, 4.69) is 15.4 Å². The highest BCUT2D eigenvalue weighted by Crippen LogP contribution is 2.19. The quantitative estimate of drug-likeness (QED) is 0.863. The van der Waals surface area contributed by atoms with Crippen molar-refractivity contribution in [3.05, 3.63) is 39.9 Å². The van der Waals surface area contributed by atoms with Crippen molar-refractivity contribution in [3.8, 4) is 0 Å². The number of carbonyl (C=O) groups is 1. The van der Waals surface area contributed by atoms with Crippen molar-refractivity contribution in [1.29, 1.82) is 0 Å². The summed E-state index contributed by atoms with van der Waals surface area (Å²) < 4.78 is 1.62. The van der Waals surface area contributed by atoms with Crippen LogP contribution in [0.5, 0.6) is 0 Å². The van der Waals surface area contributed by atoms with Crippen molar-refractivity contribution in [1.82, 2.24) is 14.8 Å². The van der Waals surface area contributed by atoms with Gasteiger partial charge in [0.1, 0.15) is 10.3 Å². The Morgan fingerprint density at radius 3 is 2.67 bits per heavy atom. The van der Waals surface area contributed by atoms with Crippen molar-refractivity contribution in [2.45, 2.75) is 6.92 Å². The molecule has 2 heterocycles. The first-order valence-corrected chi connectivity index (χ1v) is 5.86. The lowest BCUT2D eigenvalue weighted by Crippen LogP contribution is -2.13. The Bertz CT molecular complexity index is 609. The predicted octanol–water partition coefficient (Wildman–Crippen LogP) is 2.68. The molecule has 0 atom stereocenters. The normalized spacial score (nSPS) is 10.4. The lowest BCUT2D eigenvalue weighted by Gasteiger charge is -2.05. The molecular formula is C11H10Cl2N4O. The summed E-state index contributed by atoms with van der Waals surface area (Å²) in [6.07, 6.45) is 1.71. The molecule has 2 rings (SSSR count). The highest BCUT2D eigenvalue weighted by atomic mass is 35.5. The first kappa shape index (κ1) is 12.9. The van der Waals surface area contributed by atoms with Gasteiger partial charge in [0.05, 0.1) is 16.9 Å². The van der Waals surface area contributed by atoms with Crippen LogP contribution in [0.3, 0.4) is 0 Å². The van der Waals surface area contributed by atoms with E-state index in [4.69, 9.17) is 23.2 Å². The average Bonchev–Trinajstić information content (AvgIpc) is 2.57. The molecule has 18 heavy (non-hydrogen) atoms. The van der Waals surface area contributed by atoms with Gasteiger partial charge in [0.2, 0.25) is 0 Å². The number of pyridine rings is 1. The van der Waals surface area contributed by atoms with Crippen molar-refractivity contribution in [2.75, 3.05) is 5.32 Å². The lowest BCUT2D eigenvalue weighted by atomic mass is 10.2. The van der Waals surface area contributed by atoms with Gasteiger partial charge in [-0.15, -0.1) is 0 Å². The second kappa shape index (κ2) is 4.96. The third kappa shape index (κ3) is 2.63. The molecule has 0 aliphatic heterocycles. The number of carbonyl (C=O) groups excluding carboxylic acids is 1. The van der Waals surface area contributed by atoms with Crippen molar-refractivity contribution in [2.24, 2.45) is 7.05 Å². The summed E-state index contributed by atoms with van der Waals surface area (Å²) in [5.74, 6) is -0.347. The van der Waals surface area contributed by atoms with Crippen LogP contribution >= 0.6 is 23.2 Å². The van der Waals surface area contributed by atoms with E-state index in [0.717, 1.165) is 5.69 Å². The molecule has 0 aliphatic carbocycles. The first-order valence-electron chi connectivity index (χ1n) is 5.11. The monoisotopic (exact) mass is 284 g/mol. The van der Waals surface area contributed by atoms with Crippen molar-refractivity contribution < 1.29 is 4.79 Å². The van der Waals surface area contributed by atoms with Crippen LogP contribution in [0.15, 0.2) is 18.3 Å². The van der Waals surface area contributed by atoms with E-state index in [1.807, 2.05) is 0 Å². The molecule has 0 saturated heterocycles. The number of hydrogen-bond donors (Lipinski definition) is 1. The zero-order valence-corrected chi connectivity index (χ0v) is 11.2. The molecule has 2 aromatic rings. The molecule has 0 aliphatic rings. The summed E-state index contributed by atoms with van der Waals surface area (Å²) in [5, 5.41) is 7.16. The topological polar surface area (TPSA) is 59.8 Å². The Balaban J connectivity index is 2.24. The predicted molar refractivity (Wildman–Crippen MR) is 70.2 cm³/mol. The van der Waals surface area contributed by atoms with E-state index in [1.54, 1.807) is 24.9 Å².